The van der Waals surface area contributed by atoms with Gasteiger partial charge < -0.3 is 14.8 Å². The lowest BCUT2D eigenvalue weighted by atomic mass is 10.1. The summed E-state index contributed by atoms with van der Waals surface area (Å²) in [6, 6.07) is 20.1. The molecule has 1 N–H and O–H groups in total. The van der Waals surface area contributed by atoms with E-state index in [1.165, 1.54) is 37.5 Å². The van der Waals surface area contributed by atoms with Gasteiger partial charge in [-0.05, 0) is 65.7 Å². The molecule has 0 aliphatic carbocycles. The van der Waals surface area contributed by atoms with Crippen molar-refractivity contribution in [3.8, 4) is 17.6 Å². The fraction of sp³-hybridized carbons (Fsp3) is 0.0833. The first-order valence-electron chi connectivity index (χ1n) is 9.22. The number of halogens is 2. The van der Waals surface area contributed by atoms with Crippen LogP contribution in [0, 0.1) is 17.1 Å². The number of nitrogens with zero attached hydrogens (tertiary/aromatic N) is 1. The summed E-state index contributed by atoms with van der Waals surface area (Å²) in [6.45, 7) is 0.363. The zero-order chi connectivity index (χ0) is 22.2. The molecule has 0 aliphatic rings. The number of ether oxygens (including phenoxy) is 2. The number of hydrogen-bond acceptors (Lipinski definition) is 4. The average molecular weight is 481 g/mol. The Bertz CT molecular complexity index is 1140. The number of carbonyl (C=O) groups is 1. The Balaban J connectivity index is 1.74. The first-order chi connectivity index (χ1) is 15.0. The topological polar surface area (TPSA) is 71.3 Å². The lowest BCUT2D eigenvalue weighted by Gasteiger charge is -2.12. The predicted molar refractivity (Wildman–Crippen MR) is 120 cm³/mol. The van der Waals surface area contributed by atoms with Crippen molar-refractivity contribution in [1.82, 2.24) is 0 Å². The minimum Gasteiger partial charge on any atom is -0.493 e. The molecule has 0 fully saturated rings. The van der Waals surface area contributed by atoms with Crippen LogP contribution in [0.15, 0.2) is 76.8 Å². The van der Waals surface area contributed by atoms with E-state index in [9.17, 15) is 14.4 Å². The quantitative estimate of drug-likeness (QED) is 0.346. The molecule has 5 nitrogen and oxygen atoms in total. The monoisotopic (exact) mass is 480 g/mol. The molecular weight excluding hydrogens is 463 g/mol. The van der Waals surface area contributed by atoms with E-state index in [1.807, 2.05) is 30.3 Å². The van der Waals surface area contributed by atoms with Crippen molar-refractivity contribution in [2.75, 3.05) is 12.4 Å². The molecular formula is C24H18BrFN2O3. The van der Waals surface area contributed by atoms with E-state index in [0.717, 1.165) is 10.0 Å². The van der Waals surface area contributed by atoms with E-state index in [2.05, 4.69) is 21.2 Å². The van der Waals surface area contributed by atoms with Crippen molar-refractivity contribution in [3.05, 3.63) is 93.7 Å². The van der Waals surface area contributed by atoms with Gasteiger partial charge in [0.2, 0.25) is 0 Å². The molecule has 0 bridgehead atoms. The maximum atomic E-state index is 13.0. The fourth-order valence-corrected chi connectivity index (χ4v) is 2.95. The van der Waals surface area contributed by atoms with Crippen molar-refractivity contribution < 1.29 is 18.7 Å². The van der Waals surface area contributed by atoms with Crippen LogP contribution in [0.1, 0.15) is 11.1 Å². The van der Waals surface area contributed by atoms with Crippen LogP contribution in [0.5, 0.6) is 11.5 Å². The lowest BCUT2D eigenvalue weighted by molar-refractivity contribution is -0.112. The maximum absolute atomic E-state index is 13.0. The van der Waals surface area contributed by atoms with Gasteiger partial charge in [0.05, 0.1) is 7.11 Å². The van der Waals surface area contributed by atoms with E-state index >= 15 is 0 Å². The van der Waals surface area contributed by atoms with Crippen molar-refractivity contribution in [2.45, 2.75) is 6.61 Å². The van der Waals surface area contributed by atoms with Crippen LogP contribution in [-0.4, -0.2) is 13.0 Å². The number of rotatable bonds is 7. The SMILES string of the molecule is COc1cc(C=C(C#N)C(=O)Nc2ccc(F)cc2)ccc1OCc1ccc(Br)cc1. The smallest absolute Gasteiger partial charge is 0.266 e. The van der Waals surface area contributed by atoms with E-state index in [0.29, 0.717) is 29.4 Å². The Morgan fingerprint density at radius 1 is 1.10 bits per heavy atom. The number of nitriles is 1. The summed E-state index contributed by atoms with van der Waals surface area (Å²) < 4.78 is 25.2. The molecule has 0 radical (unpaired) electrons. The third kappa shape index (κ3) is 6.17. The summed E-state index contributed by atoms with van der Waals surface area (Å²) in [4.78, 5) is 12.4. The molecule has 3 aromatic carbocycles. The van der Waals surface area contributed by atoms with Crippen LogP contribution in [-0.2, 0) is 11.4 Å². The Morgan fingerprint density at radius 2 is 1.81 bits per heavy atom. The highest BCUT2D eigenvalue weighted by Crippen LogP contribution is 2.30. The van der Waals surface area contributed by atoms with Gasteiger partial charge in [0.15, 0.2) is 11.5 Å². The summed E-state index contributed by atoms with van der Waals surface area (Å²) in [5.41, 5.74) is 1.88. The molecule has 0 heterocycles. The third-order valence-electron chi connectivity index (χ3n) is 4.27. The van der Waals surface area contributed by atoms with Crippen molar-refractivity contribution in [3.63, 3.8) is 0 Å². The molecule has 0 aliphatic heterocycles. The van der Waals surface area contributed by atoms with Gasteiger partial charge in [-0.1, -0.05) is 34.1 Å². The van der Waals surface area contributed by atoms with Crippen LogP contribution < -0.4 is 14.8 Å². The molecule has 3 aromatic rings. The second-order valence-electron chi connectivity index (χ2n) is 6.46. The number of anilines is 1. The summed E-state index contributed by atoms with van der Waals surface area (Å²) >= 11 is 3.40. The first-order valence-corrected chi connectivity index (χ1v) is 10.0. The third-order valence-corrected chi connectivity index (χ3v) is 4.80. The Hall–Kier alpha value is -3.63. The van der Waals surface area contributed by atoms with Crippen LogP contribution in [0.4, 0.5) is 10.1 Å². The number of benzene rings is 3. The highest BCUT2D eigenvalue weighted by atomic mass is 79.9. The molecule has 0 atom stereocenters. The number of hydrogen-bond donors (Lipinski definition) is 1. The minimum atomic E-state index is -0.594. The van der Waals surface area contributed by atoms with Crippen molar-refractivity contribution in [1.29, 1.82) is 5.26 Å². The second kappa shape index (κ2) is 10.4. The number of carbonyl (C=O) groups excluding carboxylic acids is 1. The van der Waals surface area contributed by atoms with Crippen LogP contribution in [0.25, 0.3) is 6.08 Å². The molecule has 0 spiro atoms. The van der Waals surface area contributed by atoms with Crippen LogP contribution in [0.2, 0.25) is 0 Å². The van der Waals surface area contributed by atoms with E-state index in [4.69, 9.17) is 9.47 Å². The molecule has 1 amide bonds. The van der Waals surface area contributed by atoms with Crippen molar-refractivity contribution in [2.24, 2.45) is 0 Å². The van der Waals surface area contributed by atoms with E-state index < -0.39 is 11.7 Å². The van der Waals surface area contributed by atoms with Crippen LogP contribution in [0.3, 0.4) is 0 Å². The summed E-state index contributed by atoms with van der Waals surface area (Å²) in [6.07, 6.45) is 1.44. The summed E-state index contributed by atoms with van der Waals surface area (Å²) in [7, 11) is 1.52. The minimum absolute atomic E-state index is 0.102. The van der Waals surface area contributed by atoms with Gasteiger partial charge in [0.1, 0.15) is 24.1 Å². The lowest BCUT2D eigenvalue weighted by Crippen LogP contribution is -2.13. The zero-order valence-electron chi connectivity index (χ0n) is 16.6. The zero-order valence-corrected chi connectivity index (χ0v) is 18.1. The van der Waals surface area contributed by atoms with Gasteiger partial charge in [-0.15, -0.1) is 0 Å². The summed E-state index contributed by atoms with van der Waals surface area (Å²) in [5.74, 6) is 0.00570. The second-order valence-corrected chi connectivity index (χ2v) is 7.37. The van der Waals surface area contributed by atoms with E-state index in [-0.39, 0.29) is 5.57 Å². The molecule has 156 valence electrons. The molecule has 31 heavy (non-hydrogen) atoms. The molecule has 0 saturated carbocycles. The Labute approximate surface area is 187 Å². The molecule has 7 heteroatoms. The Kier molecular flexibility index (Phi) is 7.41. The standard InChI is InChI=1S/C24H18BrFN2O3/c1-30-23-13-17(4-11-22(23)31-15-16-2-5-19(25)6-3-16)12-18(14-27)24(29)28-21-9-7-20(26)8-10-21/h2-13H,15H2,1H3,(H,28,29). The van der Waals surface area contributed by atoms with Gasteiger partial charge in [-0.25, -0.2) is 4.39 Å². The number of nitrogens with one attached hydrogen (secondary N) is 1. The van der Waals surface area contributed by atoms with Gasteiger partial charge in [-0.3, -0.25) is 4.79 Å². The van der Waals surface area contributed by atoms with Crippen molar-refractivity contribution >= 4 is 33.6 Å². The Morgan fingerprint density at radius 3 is 2.45 bits per heavy atom. The average Bonchev–Trinajstić information content (AvgIpc) is 2.78. The molecule has 0 saturated heterocycles. The maximum Gasteiger partial charge on any atom is 0.266 e. The normalized spacial score (nSPS) is 10.8. The fourth-order valence-electron chi connectivity index (χ4n) is 2.68. The number of methoxy groups -OCH3 is 1. The molecule has 3 rings (SSSR count). The van der Waals surface area contributed by atoms with Gasteiger partial charge in [-0.2, -0.15) is 5.26 Å². The first kappa shape index (κ1) is 22.1. The summed E-state index contributed by atoms with van der Waals surface area (Å²) in [5, 5.41) is 12.0. The predicted octanol–water partition coefficient (Wildman–Crippen LogP) is 5.72. The largest absolute Gasteiger partial charge is 0.493 e. The van der Waals surface area contributed by atoms with Gasteiger partial charge >= 0.3 is 0 Å². The number of amides is 1. The van der Waals surface area contributed by atoms with E-state index in [1.54, 1.807) is 18.2 Å². The molecule has 0 unspecified atom stereocenters. The highest BCUT2D eigenvalue weighted by molar-refractivity contribution is 9.10. The van der Waals surface area contributed by atoms with Gasteiger partial charge in [0, 0.05) is 10.2 Å². The van der Waals surface area contributed by atoms with Crippen LogP contribution >= 0.6 is 15.9 Å². The molecule has 0 aromatic heterocycles. The highest BCUT2D eigenvalue weighted by Gasteiger charge is 2.11. The van der Waals surface area contributed by atoms with Gasteiger partial charge in [0.25, 0.3) is 5.91 Å².